The van der Waals surface area contributed by atoms with Crippen LogP contribution in [0.3, 0.4) is 0 Å². The lowest BCUT2D eigenvalue weighted by atomic mass is 10.4. The van der Waals surface area contributed by atoms with E-state index in [1.165, 1.54) is 0 Å². The summed E-state index contributed by atoms with van der Waals surface area (Å²) in [6.07, 6.45) is 2.92. The fourth-order valence-electron chi connectivity index (χ4n) is 0.948. The third-order valence-corrected chi connectivity index (χ3v) is 2.31. The predicted molar refractivity (Wildman–Crippen MR) is 58.4 cm³/mol. The fourth-order valence-corrected chi connectivity index (χ4v) is 1.33. The molecule has 1 rings (SSSR count). The Hall–Kier alpha value is -0.550. The Kier molecular flexibility index (Phi) is 4.97. The molecule has 0 unspecified atom stereocenters. The van der Waals surface area contributed by atoms with Crippen LogP contribution in [0.2, 0.25) is 0 Å². The number of nitrogens with one attached hydrogen (secondary N) is 1. The van der Waals surface area contributed by atoms with E-state index in [0.717, 1.165) is 23.9 Å². The van der Waals surface area contributed by atoms with Gasteiger partial charge in [0.2, 0.25) is 5.89 Å². The van der Waals surface area contributed by atoms with Gasteiger partial charge in [-0.1, -0.05) is 19.0 Å². The van der Waals surface area contributed by atoms with Crippen molar-refractivity contribution in [1.29, 1.82) is 0 Å². The number of nitrogens with zero attached hydrogens (tertiary/aromatic N) is 2. The molecule has 1 aromatic rings. The molecule has 0 fully saturated rings. The lowest BCUT2D eigenvalue weighted by Crippen LogP contribution is -2.22. The minimum Gasteiger partial charge on any atom is -0.339 e. The van der Waals surface area contributed by atoms with Crippen LogP contribution in [0, 0.1) is 0 Å². The van der Waals surface area contributed by atoms with Crippen LogP contribution in [0.25, 0.3) is 0 Å². The van der Waals surface area contributed by atoms with E-state index >= 15 is 0 Å². The van der Waals surface area contributed by atoms with Gasteiger partial charge in [-0.25, -0.2) is 0 Å². The van der Waals surface area contributed by atoms with Crippen molar-refractivity contribution in [2.75, 3.05) is 12.0 Å². The van der Waals surface area contributed by atoms with Gasteiger partial charge in [0.05, 0.1) is 6.54 Å². The third kappa shape index (κ3) is 4.11. The molecule has 1 heterocycles. The average Bonchev–Trinajstić information content (AvgIpc) is 2.59. The van der Waals surface area contributed by atoms with Gasteiger partial charge in [0.1, 0.15) is 0 Å². The first-order chi connectivity index (χ1) is 6.72. The van der Waals surface area contributed by atoms with Crippen molar-refractivity contribution in [3.8, 4) is 0 Å². The van der Waals surface area contributed by atoms with E-state index in [2.05, 4.69) is 35.6 Å². The van der Waals surface area contributed by atoms with Crippen LogP contribution < -0.4 is 5.32 Å². The highest BCUT2D eigenvalue weighted by molar-refractivity contribution is 7.98. The molecule has 5 heteroatoms. The first-order valence-corrected chi connectivity index (χ1v) is 6.15. The zero-order chi connectivity index (χ0) is 10.4. The van der Waals surface area contributed by atoms with Crippen LogP contribution in [-0.4, -0.2) is 28.2 Å². The minimum atomic E-state index is 0.447. The van der Waals surface area contributed by atoms with Crippen molar-refractivity contribution in [3.05, 3.63) is 11.7 Å². The molecule has 4 nitrogen and oxygen atoms in total. The second-order valence-electron chi connectivity index (χ2n) is 3.38. The van der Waals surface area contributed by atoms with Crippen molar-refractivity contribution in [2.24, 2.45) is 0 Å². The number of aryl methyl sites for hydroxylation is 1. The summed E-state index contributed by atoms with van der Waals surface area (Å²) in [5.74, 6) is 2.51. The van der Waals surface area contributed by atoms with E-state index in [0.29, 0.717) is 12.6 Å². The maximum atomic E-state index is 5.08. The van der Waals surface area contributed by atoms with Crippen LogP contribution in [0.15, 0.2) is 4.52 Å². The summed E-state index contributed by atoms with van der Waals surface area (Å²) in [6.45, 7) is 4.86. The number of aromatic nitrogens is 2. The van der Waals surface area contributed by atoms with E-state index in [-0.39, 0.29) is 0 Å². The smallest absolute Gasteiger partial charge is 0.227 e. The summed E-state index contributed by atoms with van der Waals surface area (Å²) < 4.78 is 5.08. The Morgan fingerprint density at radius 2 is 2.29 bits per heavy atom. The molecular formula is C9H17N3OS. The van der Waals surface area contributed by atoms with E-state index in [9.17, 15) is 0 Å². The predicted octanol–water partition coefficient (Wildman–Crippen LogP) is 1.47. The highest BCUT2D eigenvalue weighted by atomic mass is 32.2. The van der Waals surface area contributed by atoms with E-state index < -0.39 is 0 Å². The SMILES string of the molecule is CSCCc1nc(CNC(C)C)no1. The quantitative estimate of drug-likeness (QED) is 0.779. The molecule has 80 valence electrons. The van der Waals surface area contributed by atoms with Crippen LogP contribution in [-0.2, 0) is 13.0 Å². The normalized spacial score (nSPS) is 11.1. The molecule has 0 aliphatic heterocycles. The summed E-state index contributed by atoms with van der Waals surface area (Å²) >= 11 is 1.78. The fraction of sp³-hybridized carbons (Fsp3) is 0.778. The van der Waals surface area contributed by atoms with E-state index in [1.807, 2.05) is 0 Å². The minimum absolute atomic E-state index is 0.447. The van der Waals surface area contributed by atoms with Crippen LogP contribution in [0.1, 0.15) is 25.6 Å². The number of rotatable bonds is 6. The molecular weight excluding hydrogens is 198 g/mol. The van der Waals surface area contributed by atoms with Gasteiger partial charge < -0.3 is 9.84 Å². The van der Waals surface area contributed by atoms with Crippen molar-refractivity contribution >= 4 is 11.8 Å². The highest BCUT2D eigenvalue weighted by Gasteiger charge is 2.05. The van der Waals surface area contributed by atoms with Gasteiger partial charge in [-0.2, -0.15) is 16.7 Å². The van der Waals surface area contributed by atoms with Crippen LogP contribution >= 0.6 is 11.8 Å². The maximum Gasteiger partial charge on any atom is 0.227 e. The van der Waals surface area contributed by atoms with E-state index in [1.54, 1.807) is 11.8 Å². The standard InChI is InChI=1S/C9H17N3OS/c1-7(2)10-6-8-11-9(13-12-8)4-5-14-3/h7,10H,4-6H2,1-3H3. The first-order valence-electron chi connectivity index (χ1n) is 4.76. The Morgan fingerprint density at radius 1 is 1.50 bits per heavy atom. The van der Waals surface area contributed by atoms with Crippen LogP contribution in [0.4, 0.5) is 0 Å². The Labute approximate surface area is 88.8 Å². The van der Waals surface area contributed by atoms with Crippen molar-refractivity contribution in [3.63, 3.8) is 0 Å². The molecule has 0 spiro atoms. The number of hydrogen-bond acceptors (Lipinski definition) is 5. The second-order valence-corrected chi connectivity index (χ2v) is 4.37. The molecule has 0 bridgehead atoms. The summed E-state index contributed by atoms with van der Waals surface area (Å²) in [5.41, 5.74) is 0. The van der Waals surface area contributed by atoms with Gasteiger partial charge >= 0.3 is 0 Å². The average molecular weight is 215 g/mol. The Balaban J connectivity index is 2.35. The van der Waals surface area contributed by atoms with Crippen molar-refractivity contribution in [1.82, 2.24) is 15.5 Å². The molecule has 0 saturated heterocycles. The second kappa shape index (κ2) is 6.03. The molecule has 0 radical (unpaired) electrons. The number of thioether (sulfide) groups is 1. The maximum absolute atomic E-state index is 5.08. The first kappa shape index (κ1) is 11.5. The third-order valence-electron chi connectivity index (χ3n) is 1.70. The van der Waals surface area contributed by atoms with E-state index in [4.69, 9.17) is 4.52 Å². The van der Waals surface area contributed by atoms with Gasteiger partial charge in [0.25, 0.3) is 0 Å². The molecule has 0 atom stereocenters. The molecule has 1 aromatic heterocycles. The molecule has 14 heavy (non-hydrogen) atoms. The molecule has 0 aliphatic carbocycles. The summed E-state index contributed by atoms with van der Waals surface area (Å²) in [6, 6.07) is 0.447. The zero-order valence-electron chi connectivity index (χ0n) is 8.91. The summed E-state index contributed by atoms with van der Waals surface area (Å²) in [4.78, 5) is 4.27. The molecule has 1 N–H and O–H groups in total. The molecule has 0 aromatic carbocycles. The summed E-state index contributed by atoms with van der Waals surface area (Å²) in [7, 11) is 0. The van der Waals surface area contributed by atoms with Gasteiger partial charge in [-0.3, -0.25) is 0 Å². The van der Waals surface area contributed by atoms with Gasteiger partial charge in [0.15, 0.2) is 5.82 Å². The van der Waals surface area contributed by atoms with Gasteiger partial charge in [0, 0.05) is 18.2 Å². The molecule has 0 amide bonds. The summed E-state index contributed by atoms with van der Waals surface area (Å²) in [5, 5.41) is 7.12. The van der Waals surface area contributed by atoms with Crippen LogP contribution in [0.5, 0.6) is 0 Å². The van der Waals surface area contributed by atoms with Crippen molar-refractivity contribution < 1.29 is 4.52 Å². The Bertz CT molecular complexity index is 262. The zero-order valence-corrected chi connectivity index (χ0v) is 9.73. The molecule has 0 aliphatic rings. The van der Waals surface area contributed by atoms with Crippen molar-refractivity contribution in [2.45, 2.75) is 32.9 Å². The topological polar surface area (TPSA) is 51.0 Å². The van der Waals surface area contributed by atoms with Gasteiger partial charge in [-0.05, 0) is 6.26 Å². The largest absolute Gasteiger partial charge is 0.339 e. The monoisotopic (exact) mass is 215 g/mol. The number of hydrogen-bond donors (Lipinski definition) is 1. The Morgan fingerprint density at radius 3 is 2.93 bits per heavy atom. The molecule has 0 saturated carbocycles. The van der Waals surface area contributed by atoms with Gasteiger partial charge in [-0.15, -0.1) is 0 Å². The lowest BCUT2D eigenvalue weighted by molar-refractivity contribution is 0.375. The highest BCUT2D eigenvalue weighted by Crippen LogP contribution is 2.02. The lowest BCUT2D eigenvalue weighted by Gasteiger charge is -2.03.